The van der Waals surface area contributed by atoms with Crippen LogP contribution in [0, 0.1) is 0 Å². The van der Waals surface area contributed by atoms with Crippen molar-refractivity contribution in [3.8, 4) is 0 Å². The Bertz CT molecular complexity index is 605. The summed E-state index contributed by atoms with van der Waals surface area (Å²) in [5.41, 5.74) is 0.883. The van der Waals surface area contributed by atoms with Crippen LogP contribution < -0.4 is 10.6 Å². The van der Waals surface area contributed by atoms with E-state index in [9.17, 15) is 9.59 Å². The molecule has 0 atom stereocenters. The average Bonchev–Trinajstić information content (AvgIpc) is 2.66. The molecule has 150 valence electrons. The van der Waals surface area contributed by atoms with Crippen molar-refractivity contribution in [2.45, 2.75) is 71.1 Å². The number of unbranched alkanes of at least 4 members (excludes halogenated alkanes) is 8. The molecule has 0 heterocycles. The lowest BCUT2D eigenvalue weighted by Crippen LogP contribution is -2.34. The summed E-state index contributed by atoms with van der Waals surface area (Å²) >= 11 is 5.17. The number of benzene rings is 1. The van der Waals surface area contributed by atoms with Crippen LogP contribution in [-0.2, 0) is 9.53 Å². The van der Waals surface area contributed by atoms with Gasteiger partial charge in [0.05, 0.1) is 18.4 Å². The Morgan fingerprint density at radius 1 is 0.963 bits per heavy atom. The van der Waals surface area contributed by atoms with Crippen molar-refractivity contribution in [2.24, 2.45) is 0 Å². The highest BCUT2D eigenvalue weighted by Gasteiger charge is 2.12. The highest BCUT2D eigenvalue weighted by atomic mass is 32.1. The van der Waals surface area contributed by atoms with Crippen molar-refractivity contribution >= 4 is 34.9 Å². The van der Waals surface area contributed by atoms with Crippen molar-refractivity contribution in [2.75, 3.05) is 12.4 Å². The van der Waals surface area contributed by atoms with E-state index < -0.39 is 5.97 Å². The van der Waals surface area contributed by atoms with Gasteiger partial charge >= 0.3 is 5.97 Å². The number of hydrogen-bond acceptors (Lipinski definition) is 4. The van der Waals surface area contributed by atoms with E-state index in [0.717, 1.165) is 12.8 Å². The third-order valence-electron chi connectivity index (χ3n) is 4.34. The van der Waals surface area contributed by atoms with Crippen LogP contribution in [0.25, 0.3) is 0 Å². The fraction of sp³-hybridized carbons (Fsp3) is 0.571. The molecule has 1 aromatic rings. The van der Waals surface area contributed by atoms with Gasteiger partial charge in [-0.2, -0.15) is 0 Å². The second kappa shape index (κ2) is 14.2. The molecule has 27 heavy (non-hydrogen) atoms. The van der Waals surface area contributed by atoms with Gasteiger partial charge in [0.2, 0.25) is 5.91 Å². The van der Waals surface area contributed by atoms with E-state index in [1.165, 1.54) is 52.1 Å². The molecule has 5 nitrogen and oxygen atoms in total. The van der Waals surface area contributed by atoms with E-state index in [4.69, 9.17) is 17.0 Å². The quantitative estimate of drug-likeness (QED) is 0.290. The maximum absolute atomic E-state index is 12.0. The molecule has 0 saturated carbocycles. The zero-order chi connectivity index (χ0) is 19.9. The normalized spacial score (nSPS) is 10.3. The number of hydrogen-bond donors (Lipinski definition) is 2. The average molecular weight is 393 g/mol. The minimum atomic E-state index is -0.457. The van der Waals surface area contributed by atoms with Crippen LogP contribution in [0.3, 0.4) is 0 Å². The number of carbonyl (C=O) groups is 2. The van der Waals surface area contributed by atoms with E-state index in [0.29, 0.717) is 17.7 Å². The zero-order valence-corrected chi connectivity index (χ0v) is 17.3. The highest BCUT2D eigenvalue weighted by molar-refractivity contribution is 7.80. The molecule has 6 heteroatoms. The van der Waals surface area contributed by atoms with E-state index in [-0.39, 0.29) is 11.0 Å². The highest BCUT2D eigenvalue weighted by Crippen LogP contribution is 2.16. The van der Waals surface area contributed by atoms with Gasteiger partial charge in [0, 0.05) is 6.42 Å². The Morgan fingerprint density at radius 2 is 1.56 bits per heavy atom. The summed E-state index contributed by atoms with van der Waals surface area (Å²) in [7, 11) is 1.32. The Hall–Kier alpha value is -1.95. The monoisotopic (exact) mass is 392 g/mol. The molecule has 2 N–H and O–H groups in total. The van der Waals surface area contributed by atoms with Crippen LogP contribution in [0.4, 0.5) is 5.69 Å². The molecule has 0 bridgehead atoms. The number of esters is 1. The first-order valence-electron chi connectivity index (χ1n) is 9.86. The molecule has 0 radical (unpaired) electrons. The molecule has 0 aliphatic heterocycles. The van der Waals surface area contributed by atoms with Gasteiger partial charge in [-0.05, 0) is 30.8 Å². The van der Waals surface area contributed by atoms with Crippen LogP contribution in [0.5, 0.6) is 0 Å². The summed E-state index contributed by atoms with van der Waals surface area (Å²) in [5, 5.41) is 5.74. The SMILES string of the molecule is CCCCCCCCCCCC(=O)NC(=S)Nc1ccccc1C(=O)OC. The second-order valence-electron chi connectivity index (χ2n) is 6.62. The van der Waals surface area contributed by atoms with Crippen molar-refractivity contribution < 1.29 is 14.3 Å². The second-order valence-corrected chi connectivity index (χ2v) is 7.03. The third-order valence-corrected chi connectivity index (χ3v) is 4.55. The van der Waals surface area contributed by atoms with Crippen LogP contribution in [0.1, 0.15) is 81.5 Å². The van der Waals surface area contributed by atoms with Gasteiger partial charge in [0.25, 0.3) is 0 Å². The van der Waals surface area contributed by atoms with E-state index >= 15 is 0 Å². The number of carbonyl (C=O) groups excluding carboxylic acids is 2. The topological polar surface area (TPSA) is 67.4 Å². The molecule has 0 saturated heterocycles. The standard InChI is InChI=1S/C21H32N2O3S/c1-3-4-5-6-7-8-9-10-11-16-19(24)23-21(27)22-18-15-13-12-14-17(18)20(25)26-2/h12-15H,3-11,16H2,1-2H3,(H2,22,23,24,27). The van der Waals surface area contributed by atoms with Crippen LogP contribution in [0.15, 0.2) is 24.3 Å². The first-order chi connectivity index (χ1) is 13.1. The number of nitrogens with one attached hydrogen (secondary N) is 2. The number of anilines is 1. The summed E-state index contributed by atoms with van der Waals surface area (Å²) in [6.07, 6.45) is 11.4. The Balaban J connectivity index is 2.22. The van der Waals surface area contributed by atoms with E-state index in [2.05, 4.69) is 17.6 Å². The maximum atomic E-state index is 12.0. The molecule has 0 aromatic heterocycles. The zero-order valence-electron chi connectivity index (χ0n) is 16.5. The molecule has 1 amide bonds. The number of para-hydroxylation sites is 1. The first-order valence-corrected chi connectivity index (χ1v) is 10.3. The van der Waals surface area contributed by atoms with Gasteiger partial charge in [-0.25, -0.2) is 4.79 Å². The Labute approximate surface area is 168 Å². The fourth-order valence-electron chi connectivity index (χ4n) is 2.82. The van der Waals surface area contributed by atoms with Gasteiger partial charge in [-0.1, -0.05) is 70.4 Å². The summed E-state index contributed by atoms with van der Waals surface area (Å²) in [4.78, 5) is 23.7. The van der Waals surface area contributed by atoms with E-state index in [1.54, 1.807) is 24.3 Å². The Kier molecular flexibility index (Phi) is 12.1. The predicted molar refractivity (Wildman–Crippen MR) is 114 cm³/mol. The lowest BCUT2D eigenvalue weighted by Gasteiger charge is -2.12. The summed E-state index contributed by atoms with van der Waals surface area (Å²) < 4.78 is 4.74. The van der Waals surface area contributed by atoms with Gasteiger partial charge in [-0.3, -0.25) is 4.79 Å². The number of thiocarbonyl (C=S) groups is 1. The summed E-state index contributed by atoms with van der Waals surface area (Å²) in [6, 6.07) is 6.87. The minimum Gasteiger partial charge on any atom is -0.465 e. The molecule has 0 fully saturated rings. The maximum Gasteiger partial charge on any atom is 0.339 e. The third kappa shape index (κ3) is 10.1. The number of amides is 1. The smallest absolute Gasteiger partial charge is 0.339 e. The minimum absolute atomic E-state index is 0.106. The van der Waals surface area contributed by atoms with Crippen molar-refractivity contribution in [3.63, 3.8) is 0 Å². The number of methoxy groups -OCH3 is 1. The van der Waals surface area contributed by atoms with Gasteiger partial charge in [0.1, 0.15) is 0 Å². The number of ether oxygens (including phenoxy) is 1. The lowest BCUT2D eigenvalue weighted by molar-refractivity contribution is -0.119. The van der Waals surface area contributed by atoms with Gasteiger partial charge in [-0.15, -0.1) is 0 Å². The molecule has 0 unspecified atom stereocenters. The molecule has 0 aliphatic rings. The molecule has 0 aliphatic carbocycles. The lowest BCUT2D eigenvalue weighted by atomic mass is 10.1. The van der Waals surface area contributed by atoms with Crippen LogP contribution in [0.2, 0.25) is 0 Å². The Morgan fingerprint density at radius 3 is 2.19 bits per heavy atom. The summed E-state index contributed by atoms with van der Waals surface area (Å²) in [5.74, 6) is -0.562. The van der Waals surface area contributed by atoms with Crippen molar-refractivity contribution in [1.82, 2.24) is 5.32 Å². The summed E-state index contributed by atoms with van der Waals surface area (Å²) in [6.45, 7) is 2.23. The molecule has 0 spiro atoms. The predicted octanol–water partition coefficient (Wildman–Crippen LogP) is 5.21. The molecule has 1 aromatic carbocycles. The molecular formula is C21H32N2O3S. The van der Waals surface area contributed by atoms with Crippen molar-refractivity contribution in [3.05, 3.63) is 29.8 Å². The molecular weight excluding hydrogens is 360 g/mol. The number of rotatable bonds is 12. The first kappa shape index (κ1) is 23.1. The largest absolute Gasteiger partial charge is 0.465 e. The molecule has 1 rings (SSSR count). The fourth-order valence-corrected chi connectivity index (χ4v) is 3.04. The van der Waals surface area contributed by atoms with Gasteiger partial charge in [0.15, 0.2) is 5.11 Å². The van der Waals surface area contributed by atoms with Crippen LogP contribution >= 0.6 is 12.2 Å². The van der Waals surface area contributed by atoms with Gasteiger partial charge < -0.3 is 15.4 Å². The van der Waals surface area contributed by atoms with Crippen LogP contribution in [-0.4, -0.2) is 24.1 Å². The van der Waals surface area contributed by atoms with E-state index in [1.807, 2.05) is 0 Å². The van der Waals surface area contributed by atoms with Crippen molar-refractivity contribution in [1.29, 1.82) is 0 Å².